The first kappa shape index (κ1) is 19.8. The van der Waals surface area contributed by atoms with Gasteiger partial charge in [0.25, 0.3) is 5.56 Å². The summed E-state index contributed by atoms with van der Waals surface area (Å²) in [4.78, 5) is 20.4. The Morgan fingerprint density at radius 3 is 2.43 bits per heavy atom. The molecule has 2 aromatic carbocycles. The van der Waals surface area contributed by atoms with E-state index in [9.17, 15) is 9.18 Å². The van der Waals surface area contributed by atoms with Crippen molar-refractivity contribution in [2.24, 2.45) is 0 Å². The Labute approximate surface area is 173 Å². The molecule has 0 bridgehead atoms. The van der Waals surface area contributed by atoms with Crippen molar-refractivity contribution < 1.29 is 9.13 Å². The van der Waals surface area contributed by atoms with E-state index < -0.39 is 0 Å². The van der Waals surface area contributed by atoms with Gasteiger partial charge in [-0.2, -0.15) is 5.10 Å². The average molecular weight is 406 g/mol. The van der Waals surface area contributed by atoms with E-state index in [1.54, 1.807) is 23.9 Å². The van der Waals surface area contributed by atoms with Gasteiger partial charge in [0.15, 0.2) is 5.52 Å². The zero-order chi connectivity index (χ0) is 21.3. The molecule has 0 aliphatic heterocycles. The number of hydrogen-bond acceptors (Lipinski definition) is 4. The van der Waals surface area contributed by atoms with E-state index in [1.807, 2.05) is 38.1 Å². The van der Waals surface area contributed by atoms with Crippen molar-refractivity contribution in [2.45, 2.75) is 32.7 Å². The molecule has 6 nitrogen and oxygen atoms in total. The summed E-state index contributed by atoms with van der Waals surface area (Å²) in [6.45, 7) is 4.60. The van der Waals surface area contributed by atoms with Gasteiger partial charge in [-0.3, -0.25) is 9.48 Å². The van der Waals surface area contributed by atoms with Gasteiger partial charge in [0.05, 0.1) is 12.8 Å². The summed E-state index contributed by atoms with van der Waals surface area (Å²) >= 11 is 0. The smallest absolute Gasteiger partial charge is 0.277 e. The summed E-state index contributed by atoms with van der Waals surface area (Å²) in [6.07, 6.45) is 0.720. The van der Waals surface area contributed by atoms with Crippen LogP contribution in [0.15, 0.2) is 53.3 Å². The number of aromatic nitrogens is 4. The maximum atomic E-state index is 13.3. The van der Waals surface area contributed by atoms with Crippen LogP contribution in [-0.2, 0) is 13.0 Å². The fraction of sp³-hybridized carbons (Fsp3) is 0.261. The standard InChI is InChI=1S/C23H23FN4O2/c1-14(2)19-20-21(23(29)26-22(25-20)16-6-8-17(24)9-7-16)28(27-19)13-12-15-4-10-18(30-3)11-5-15/h4-11,14H,12-13H2,1-3H3,(H,25,26,29). The first-order chi connectivity index (χ1) is 14.5. The van der Waals surface area contributed by atoms with E-state index in [2.05, 4.69) is 9.97 Å². The fourth-order valence-electron chi connectivity index (χ4n) is 3.43. The van der Waals surface area contributed by atoms with Crippen molar-refractivity contribution in [3.8, 4) is 17.1 Å². The number of halogens is 1. The third-order valence-electron chi connectivity index (χ3n) is 5.06. The number of benzene rings is 2. The van der Waals surface area contributed by atoms with Crippen LogP contribution in [0.25, 0.3) is 22.4 Å². The van der Waals surface area contributed by atoms with E-state index in [1.165, 1.54) is 12.1 Å². The van der Waals surface area contributed by atoms with Crippen LogP contribution in [0.5, 0.6) is 5.75 Å². The number of hydrogen-bond donors (Lipinski definition) is 1. The Morgan fingerprint density at radius 2 is 1.80 bits per heavy atom. The zero-order valence-electron chi connectivity index (χ0n) is 17.1. The van der Waals surface area contributed by atoms with E-state index in [0.717, 1.165) is 23.4 Å². The third kappa shape index (κ3) is 3.83. The first-order valence-electron chi connectivity index (χ1n) is 9.86. The molecule has 2 heterocycles. The lowest BCUT2D eigenvalue weighted by Gasteiger charge is -2.06. The molecule has 0 fully saturated rings. The molecular weight excluding hydrogens is 383 g/mol. The van der Waals surface area contributed by atoms with Crippen molar-refractivity contribution in [3.05, 3.63) is 76.0 Å². The second kappa shape index (κ2) is 8.10. The van der Waals surface area contributed by atoms with Crippen molar-refractivity contribution in [3.63, 3.8) is 0 Å². The van der Waals surface area contributed by atoms with Gasteiger partial charge < -0.3 is 9.72 Å². The van der Waals surface area contributed by atoms with Gasteiger partial charge in [-0.25, -0.2) is 9.37 Å². The number of aromatic amines is 1. The Balaban J connectivity index is 1.73. The summed E-state index contributed by atoms with van der Waals surface area (Å²) in [5.74, 6) is 0.977. The topological polar surface area (TPSA) is 72.8 Å². The van der Waals surface area contributed by atoms with Crippen LogP contribution < -0.4 is 10.3 Å². The highest BCUT2D eigenvalue weighted by Crippen LogP contribution is 2.24. The van der Waals surface area contributed by atoms with E-state index >= 15 is 0 Å². The van der Waals surface area contributed by atoms with Gasteiger partial charge in [0.2, 0.25) is 0 Å². The molecule has 4 aromatic rings. The number of fused-ring (bicyclic) bond motifs is 1. The predicted molar refractivity (Wildman–Crippen MR) is 114 cm³/mol. The van der Waals surface area contributed by atoms with Crippen molar-refractivity contribution >= 4 is 11.0 Å². The van der Waals surface area contributed by atoms with Gasteiger partial charge in [-0.15, -0.1) is 0 Å². The monoisotopic (exact) mass is 406 g/mol. The number of rotatable bonds is 6. The lowest BCUT2D eigenvalue weighted by atomic mass is 10.1. The number of nitrogens with zero attached hydrogens (tertiary/aromatic N) is 3. The molecule has 30 heavy (non-hydrogen) atoms. The minimum atomic E-state index is -0.337. The molecule has 0 atom stereocenters. The number of ether oxygens (including phenoxy) is 1. The molecule has 0 aliphatic rings. The molecule has 0 saturated heterocycles. The van der Waals surface area contributed by atoms with Crippen molar-refractivity contribution in [1.82, 2.24) is 19.7 Å². The van der Waals surface area contributed by atoms with Crippen molar-refractivity contribution in [1.29, 1.82) is 0 Å². The maximum Gasteiger partial charge on any atom is 0.277 e. The molecular formula is C23H23FN4O2. The molecule has 0 radical (unpaired) electrons. The van der Waals surface area contributed by atoms with Crippen LogP contribution in [0.3, 0.4) is 0 Å². The van der Waals surface area contributed by atoms with Crippen LogP contribution in [0, 0.1) is 5.82 Å². The summed E-state index contributed by atoms with van der Waals surface area (Å²) in [5, 5.41) is 4.70. The molecule has 0 spiro atoms. The van der Waals surface area contributed by atoms with Crippen LogP contribution in [-0.4, -0.2) is 26.9 Å². The van der Waals surface area contributed by atoms with E-state index in [4.69, 9.17) is 9.84 Å². The highest BCUT2D eigenvalue weighted by molar-refractivity contribution is 5.79. The summed E-state index contributed by atoms with van der Waals surface area (Å²) in [6, 6.07) is 13.7. The SMILES string of the molecule is COc1ccc(CCn2nc(C(C)C)c3nc(-c4ccc(F)cc4)[nH]c(=O)c32)cc1. The van der Waals surface area contributed by atoms with E-state index in [0.29, 0.717) is 29.0 Å². The summed E-state index contributed by atoms with van der Waals surface area (Å²) < 4.78 is 20.2. The first-order valence-corrected chi connectivity index (χ1v) is 9.86. The van der Waals surface area contributed by atoms with Crippen LogP contribution >= 0.6 is 0 Å². The lowest BCUT2D eigenvalue weighted by molar-refractivity contribution is 0.414. The average Bonchev–Trinajstić information content (AvgIpc) is 3.12. The number of nitrogens with one attached hydrogen (secondary N) is 1. The van der Waals surface area contributed by atoms with Gasteiger partial charge >= 0.3 is 0 Å². The number of aryl methyl sites for hydroxylation is 2. The summed E-state index contributed by atoms with van der Waals surface area (Å²) in [7, 11) is 1.64. The van der Waals surface area contributed by atoms with Gasteiger partial charge in [-0.1, -0.05) is 26.0 Å². The molecule has 7 heteroatoms. The molecule has 4 rings (SSSR count). The highest BCUT2D eigenvalue weighted by Gasteiger charge is 2.19. The van der Waals surface area contributed by atoms with Gasteiger partial charge in [-0.05, 0) is 54.3 Å². The fourth-order valence-corrected chi connectivity index (χ4v) is 3.43. The number of methoxy groups -OCH3 is 1. The normalized spacial score (nSPS) is 11.4. The Bertz CT molecular complexity index is 1230. The Hall–Kier alpha value is -3.48. The molecule has 0 aliphatic carbocycles. The minimum absolute atomic E-state index is 0.102. The largest absolute Gasteiger partial charge is 0.497 e. The molecule has 0 amide bonds. The molecule has 2 aromatic heterocycles. The second-order valence-corrected chi connectivity index (χ2v) is 7.48. The van der Waals surface area contributed by atoms with Gasteiger partial charge in [0.1, 0.15) is 22.9 Å². The van der Waals surface area contributed by atoms with Gasteiger partial charge in [0, 0.05) is 12.1 Å². The van der Waals surface area contributed by atoms with E-state index in [-0.39, 0.29) is 17.3 Å². The molecule has 0 unspecified atom stereocenters. The van der Waals surface area contributed by atoms with Crippen LogP contribution in [0.1, 0.15) is 31.0 Å². The summed E-state index contributed by atoms with van der Waals surface area (Å²) in [5.41, 5.74) is 3.33. The third-order valence-corrected chi connectivity index (χ3v) is 5.06. The van der Waals surface area contributed by atoms with Crippen molar-refractivity contribution in [2.75, 3.05) is 7.11 Å². The number of H-pyrrole nitrogens is 1. The lowest BCUT2D eigenvalue weighted by Crippen LogP contribution is -2.15. The Kier molecular flexibility index (Phi) is 5.35. The highest BCUT2D eigenvalue weighted by atomic mass is 19.1. The quantitative estimate of drug-likeness (QED) is 0.518. The predicted octanol–water partition coefficient (Wildman–Crippen LogP) is 4.30. The molecule has 0 saturated carbocycles. The van der Waals surface area contributed by atoms with Crippen LogP contribution in [0.2, 0.25) is 0 Å². The minimum Gasteiger partial charge on any atom is -0.497 e. The van der Waals surface area contributed by atoms with Crippen LogP contribution in [0.4, 0.5) is 4.39 Å². The Morgan fingerprint density at radius 1 is 1.10 bits per heavy atom. The molecule has 1 N–H and O–H groups in total. The zero-order valence-corrected chi connectivity index (χ0v) is 17.1. The maximum absolute atomic E-state index is 13.3. The molecule has 154 valence electrons. The second-order valence-electron chi connectivity index (χ2n) is 7.48.